The van der Waals surface area contributed by atoms with Crippen molar-refractivity contribution in [2.45, 2.75) is 18.1 Å². The maximum absolute atomic E-state index is 12.2. The Morgan fingerprint density at radius 1 is 1.32 bits per heavy atom. The first-order chi connectivity index (χ1) is 13.5. The molecular formula is C18H21N5O4S. The number of hydrogen-bond acceptors (Lipinski definition) is 8. The first-order valence-electron chi connectivity index (χ1n) is 8.42. The fraction of sp³-hybridized carbons (Fsp3) is 0.278. The number of rotatable bonds is 8. The number of hydrogen-bond donors (Lipinski definition) is 2. The van der Waals surface area contributed by atoms with Crippen molar-refractivity contribution < 1.29 is 18.7 Å². The zero-order chi connectivity index (χ0) is 20.1. The Hall–Kier alpha value is -3.14. The third-order valence-corrected chi connectivity index (χ3v) is 4.94. The topological polar surface area (TPSA) is 117 Å². The van der Waals surface area contributed by atoms with Gasteiger partial charge in [-0.05, 0) is 31.2 Å². The predicted molar refractivity (Wildman–Crippen MR) is 105 cm³/mol. The Kier molecular flexibility index (Phi) is 6.09. The summed E-state index contributed by atoms with van der Waals surface area (Å²) in [6.45, 7) is 1.85. The van der Waals surface area contributed by atoms with Crippen molar-refractivity contribution in [1.82, 2.24) is 20.2 Å². The van der Waals surface area contributed by atoms with Crippen LogP contribution in [0.25, 0.3) is 11.4 Å². The third kappa shape index (κ3) is 4.22. The minimum absolute atomic E-state index is 0.139. The number of nitrogens with two attached hydrogens (primary N) is 1. The Morgan fingerprint density at radius 3 is 2.82 bits per heavy atom. The molecule has 9 nitrogen and oxygen atoms in total. The molecule has 0 spiro atoms. The lowest BCUT2D eigenvalue weighted by molar-refractivity contribution is -0.119. The van der Waals surface area contributed by atoms with Crippen molar-refractivity contribution in [3.63, 3.8) is 0 Å². The largest absolute Gasteiger partial charge is 0.497 e. The van der Waals surface area contributed by atoms with Gasteiger partial charge in [-0.1, -0.05) is 11.8 Å². The molecule has 0 unspecified atom stereocenters. The molecule has 0 aliphatic rings. The molecular weight excluding hydrogens is 382 g/mol. The molecule has 1 atom stereocenters. The van der Waals surface area contributed by atoms with Gasteiger partial charge in [0.1, 0.15) is 17.3 Å². The zero-order valence-corrected chi connectivity index (χ0v) is 16.5. The number of methoxy groups -OCH3 is 2. The summed E-state index contributed by atoms with van der Waals surface area (Å²) in [7, 11) is 3.13. The number of ether oxygens (including phenoxy) is 2. The van der Waals surface area contributed by atoms with Crippen molar-refractivity contribution in [2.24, 2.45) is 0 Å². The van der Waals surface area contributed by atoms with Crippen LogP contribution < -0.4 is 20.6 Å². The van der Waals surface area contributed by atoms with Gasteiger partial charge < -0.3 is 25.1 Å². The van der Waals surface area contributed by atoms with Crippen molar-refractivity contribution in [3.8, 4) is 22.9 Å². The molecule has 0 bridgehead atoms. The van der Waals surface area contributed by atoms with Crippen molar-refractivity contribution >= 4 is 17.7 Å². The molecule has 1 aromatic carbocycles. The number of carbonyl (C=O) groups excluding carboxylic acids is 1. The first-order valence-corrected chi connectivity index (χ1v) is 9.40. The number of thioether (sulfide) groups is 1. The van der Waals surface area contributed by atoms with Crippen LogP contribution in [0.3, 0.4) is 0 Å². The van der Waals surface area contributed by atoms with Crippen molar-refractivity contribution in [3.05, 3.63) is 42.4 Å². The number of benzene rings is 1. The molecule has 0 aliphatic carbocycles. The summed E-state index contributed by atoms with van der Waals surface area (Å²) in [5.41, 5.74) is 0.668. The molecule has 2 aromatic heterocycles. The van der Waals surface area contributed by atoms with E-state index in [-0.39, 0.29) is 17.7 Å². The van der Waals surface area contributed by atoms with Gasteiger partial charge in [0.2, 0.25) is 11.1 Å². The second kappa shape index (κ2) is 8.70. The lowest BCUT2D eigenvalue weighted by atomic mass is 10.2. The van der Waals surface area contributed by atoms with E-state index in [1.54, 1.807) is 44.7 Å². The summed E-state index contributed by atoms with van der Waals surface area (Å²) in [5.74, 6) is 8.42. The standard InChI is InChI=1S/C18H21N5O4S/c1-11(14-5-4-8-27-14)20-16(24)10-28-18-22-21-17(23(18)19)13-7-6-12(25-2)9-15(13)26-3/h4-9,11H,10,19H2,1-3H3,(H,20,24)/t11-/m0/s1. The van der Waals surface area contributed by atoms with E-state index in [0.717, 1.165) is 0 Å². The molecule has 3 N–H and O–H groups in total. The summed E-state index contributed by atoms with van der Waals surface area (Å²) < 4.78 is 17.2. The van der Waals surface area contributed by atoms with Crippen molar-refractivity contribution in [1.29, 1.82) is 0 Å². The van der Waals surface area contributed by atoms with E-state index in [2.05, 4.69) is 15.5 Å². The smallest absolute Gasteiger partial charge is 0.231 e. The van der Waals surface area contributed by atoms with E-state index in [4.69, 9.17) is 19.7 Å². The van der Waals surface area contributed by atoms with Crippen LogP contribution in [-0.2, 0) is 4.79 Å². The predicted octanol–water partition coefficient (Wildman–Crippen LogP) is 2.24. The lowest BCUT2D eigenvalue weighted by Crippen LogP contribution is -2.28. The van der Waals surface area contributed by atoms with E-state index >= 15 is 0 Å². The van der Waals surface area contributed by atoms with Crippen LogP contribution in [0.5, 0.6) is 11.5 Å². The van der Waals surface area contributed by atoms with Crippen LogP contribution in [-0.4, -0.2) is 40.8 Å². The maximum Gasteiger partial charge on any atom is 0.231 e. The van der Waals surface area contributed by atoms with E-state index in [1.165, 1.54) is 16.4 Å². The SMILES string of the molecule is COc1ccc(-c2nnc(SCC(=O)N[C@@H](C)c3ccco3)n2N)c(OC)c1. The minimum atomic E-state index is -0.224. The Morgan fingerprint density at radius 2 is 2.14 bits per heavy atom. The second-order valence-corrected chi connectivity index (χ2v) is 6.78. The summed E-state index contributed by atoms with van der Waals surface area (Å²) in [6, 6.07) is 8.67. The average molecular weight is 403 g/mol. The van der Waals surface area contributed by atoms with E-state index in [1.807, 2.05) is 13.0 Å². The van der Waals surface area contributed by atoms with Gasteiger partial charge in [-0.25, -0.2) is 4.68 Å². The number of nitrogen functional groups attached to an aromatic ring is 1. The summed E-state index contributed by atoms with van der Waals surface area (Å²) in [5, 5.41) is 11.5. The van der Waals surface area contributed by atoms with Gasteiger partial charge in [0.15, 0.2) is 5.82 Å². The van der Waals surface area contributed by atoms with Crippen LogP contribution in [0.4, 0.5) is 0 Å². The van der Waals surface area contributed by atoms with Gasteiger partial charge in [-0.2, -0.15) is 0 Å². The zero-order valence-electron chi connectivity index (χ0n) is 15.7. The number of nitrogens with zero attached hydrogens (tertiary/aromatic N) is 3. The summed E-state index contributed by atoms with van der Waals surface area (Å²) >= 11 is 1.19. The number of nitrogens with one attached hydrogen (secondary N) is 1. The number of amides is 1. The van der Waals surface area contributed by atoms with Crippen LogP contribution in [0.2, 0.25) is 0 Å². The molecule has 0 saturated heterocycles. The fourth-order valence-corrected chi connectivity index (χ4v) is 3.23. The van der Waals surface area contributed by atoms with Crippen molar-refractivity contribution in [2.75, 3.05) is 25.8 Å². The first kappa shape index (κ1) is 19.6. The highest BCUT2D eigenvalue weighted by atomic mass is 32.2. The third-order valence-electron chi connectivity index (χ3n) is 3.99. The Balaban J connectivity index is 1.67. The van der Waals surface area contributed by atoms with Gasteiger partial charge >= 0.3 is 0 Å². The van der Waals surface area contributed by atoms with Gasteiger partial charge in [0, 0.05) is 6.07 Å². The molecule has 0 aliphatic heterocycles. The molecule has 0 radical (unpaired) electrons. The lowest BCUT2D eigenvalue weighted by Gasteiger charge is -2.11. The molecule has 148 valence electrons. The maximum atomic E-state index is 12.2. The van der Waals surface area contributed by atoms with Crippen LogP contribution in [0.1, 0.15) is 18.7 Å². The normalized spacial score (nSPS) is 11.8. The fourth-order valence-electron chi connectivity index (χ4n) is 2.56. The summed E-state index contributed by atoms with van der Waals surface area (Å²) in [6.07, 6.45) is 1.57. The highest BCUT2D eigenvalue weighted by molar-refractivity contribution is 7.99. The van der Waals surface area contributed by atoms with E-state index in [0.29, 0.717) is 33.8 Å². The molecule has 10 heteroatoms. The number of furan rings is 1. The molecule has 0 saturated carbocycles. The molecule has 3 aromatic rings. The average Bonchev–Trinajstić information content (AvgIpc) is 3.36. The van der Waals surface area contributed by atoms with Crippen LogP contribution >= 0.6 is 11.8 Å². The van der Waals surface area contributed by atoms with Crippen LogP contribution in [0, 0.1) is 0 Å². The quantitative estimate of drug-likeness (QED) is 0.434. The highest BCUT2D eigenvalue weighted by Gasteiger charge is 2.18. The van der Waals surface area contributed by atoms with Gasteiger partial charge in [0.25, 0.3) is 0 Å². The monoisotopic (exact) mass is 403 g/mol. The highest BCUT2D eigenvalue weighted by Crippen LogP contribution is 2.32. The molecule has 2 heterocycles. The minimum Gasteiger partial charge on any atom is -0.497 e. The molecule has 1 amide bonds. The Bertz CT molecular complexity index is 942. The van der Waals surface area contributed by atoms with Crippen LogP contribution in [0.15, 0.2) is 46.2 Å². The Labute approximate surface area is 166 Å². The molecule has 0 fully saturated rings. The number of carbonyl (C=O) groups is 1. The van der Waals surface area contributed by atoms with E-state index in [9.17, 15) is 4.79 Å². The second-order valence-electron chi connectivity index (χ2n) is 5.84. The van der Waals surface area contributed by atoms with Gasteiger partial charge in [-0.3, -0.25) is 4.79 Å². The van der Waals surface area contributed by atoms with Gasteiger partial charge in [0.05, 0.1) is 37.8 Å². The van der Waals surface area contributed by atoms with E-state index < -0.39 is 0 Å². The van der Waals surface area contributed by atoms with Gasteiger partial charge in [-0.15, -0.1) is 10.2 Å². The molecule has 3 rings (SSSR count). The molecule has 28 heavy (non-hydrogen) atoms. The summed E-state index contributed by atoms with van der Waals surface area (Å²) in [4.78, 5) is 12.2. The number of aromatic nitrogens is 3.